The summed E-state index contributed by atoms with van der Waals surface area (Å²) in [6, 6.07) is 14.8. The van der Waals surface area contributed by atoms with Crippen molar-refractivity contribution in [1.29, 1.82) is 0 Å². The fourth-order valence-electron chi connectivity index (χ4n) is 3.31. The minimum atomic E-state index is -0.891. The molecule has 0 bridgehead atoms. The second-order valence-corrected chi connectivity index (χ2v) is 5.99. The third-order valence-electron chi connectivity index (χ3n) is 4.49. The Morgan fingerprint density at radius 1 is 1.18 bits per heavy atom. The molecule has 0 saturated carbocycles. The number of aromatic amines is 1. The summed E-state index contributed by atoms with van der Waals surface area (Å²) >= 11 is 0. The second-order valence-electron chi connectivity index (χ2n) is 5.99. The smallest absolute Gasteiger partial charge is 0.124 e. The predicted molar refractivity (Wildman–Crippen MR) is 84.1 cm³/mol. The van der Waals surface area contributed by atoms with E-state index < -0.39 is 5.60 Å². The fraction of sp³-hybridized carbons (Fsp3) is 0.294. The van der Waals surface area contributed by atoms with Crippen molar-refractivity contribution in [3.63, 3.8) is 0 Å². The first-order valence-electron chi connectivity index (χ1n) is 7.52. The Balaban J connectivity index is 1.57. The van der Waals surface area contributed by atoms with E-state index in [0.717, 1.165) is 13.1 Å². The number of nitrogens with one attached hydrogen (secondary N) is 1. The van der Waals surface area contributed by atoms with E-state index >= 15 is 0 Å². The van der Waals surface area contributed by atoms with Crippen LogP contribution in [0.25, 0.3) is 10.8 Å². The number of likely N-dealkylation sites (tertiary alicyclic amines) is 1. The van der Waals surface area contributed by atoms with Gasteiger partial charge >= 0.3 is 0 Å². The summed E-state index contributed by atoms with van der Waals surface area (Å²) in [4.78, 5) is 2.27. The lowest BCUT2D eigenvalue weighted by Gasteiger charge is -2.21. The summed E-state index contributed by atoms with van der Waals surface area (Å²) in [7, 11) is 0. The molecule has 1 saturated heterocycles. The van der Waals surface area contributed by atoms with Gasteiger partial charge in [-0.15, -0.1) is 0 Å². The largest absolute Gasteiger partial charge is 0.382 e. The maximum absolute atomic E-state index is 10.7. The summed E-state index contributed by atoms with van der Waals surface area (Å²) in [5.41, 5.74) is 1.04. The van der Waals surface area contributed by atoms with Crippen LogP contribution in [0, 0.1) is 0 Å². The molecule has 1 unspecified atom stereocenters. The first kappa shape index (κ1) is 13.4. The van der Waals surface area contributed by atoms with Gasteiger partial charge in [0.1, 0.15) is 11.3 Å². The van der Waals surface area contributed by atoms with Crippen LogP contribution in [-0.4, -0.2) is 38.5 Å². The molecular formula is C17H18N4O. The van der Waals surface area contributed by atoms with Crippen LogP contribution in [-0.2, 0) is 12.1 Å². The topological polar surface area (TPSA) is 65.0 Å². The van der Waals surface area contributed by atoms with Crippen LogP contribution in [0.1, 0.15) is 17.7 Å². The van der Waals surface area contributed by atoms with E-state index in [1.54, 1.807) is 6.20 Å². The number of aromatic nitrogens is 3. The number of benzene rings is 2. The normalized spacial score (nSPS) is 22.4. The highest BCUT2D eigenvalue weighted by Gasteiger charge is 2.39. The van der Waals surface area contributed by atoms with E-state index in [1.165, 1.54) is 16.3 Å². The van der Waals surface area contributed by atoms with Crippen LogP contribution in [0.3, 0.4) is 0 Å². The predicted octanol–water partition coefficient (Wildman–Crippen LogP) is 2.05. The highest BCUT2D eigenvalue weighted by Crippen LogP contribution is 2.31. The minimum Gasteiger partial charge on any atom is -0.382 e. The molecule has 1 atom stereocenters. The van der Waals surface area contributed by atoms with Gasteiger partial charge in [0.15, 0.2) is 0 Å². The van der Waals surface area contributed by atoms with Crippen molar-refractivity contribution in [2.45, 2.75) is 18.6 Å². The zero-order valence-corrected chi connectivity index (χ0v) is 12.2. The zero-order chi connectivity index (χ0) is 15.0. The Bertz CT molecular complexity index is 781. The highest BCUT2D eigenvalue weighted by atomic mass is 16.3. The third kappa shape index (κ3) is 2.28. The van der Waals surface area contributed by atoms with Crippen LogP contribution in [0.5, 0.6) is 0 Å². The van der Waals surface area contributed by atoms with Crippen LogP contribution < -0.4 is 0 Å². The SMILES string of the molecule is OC1(c2cn[nH]n2)CCN(Cc2cccc3ccccc23)C1. The molecule has 5 heteroatoms. The van der Waals surface area contributed by atoms with Crippen molar-refractivity contribution in [2.75, 3.05) is 13.1 Å². The Morgan fingerprint density at radius 2 is 2.05 bits per heavy atom. The molecule has 2 N–H and O–H groups in total. The summed E-state index contributed by atoms with van der Waals surface area (Å²) in [5.74, 6) is 0. The maximum Gasteiger partial charge on any atom is 0.124 e. The molecule has 0 spiro atoms. The van der Waals surface area contributed by atoms with E-state index in [1.807, 2.05) is 0 Å². The first-order valence-corrected chi connectivity index (χ1v) is 7.52. The minimum absolute atomic E-state index is 0.586. The Kier molecular flexibility index (Phi) is 3.17. The highest BCUT2D eigenvalue weighted by molar-refractivity contribution is 5.85. The standard InChI is InChI=1S/C17H18N4O/c22-17(16-10-18-20-19-16)8-9-21(12-17)11-14-6-3-5-13-4-1-2-7-15(13)14/h1-7,10,22H,8-9,11-12H2,(H,18,19,20). The van der Waals surface area contributed by atoms with Crippen LogP contribution in [0.15, 0.2) is 48.7 Å². The molecule has 1 fully saturated rings. The number of aliphatic hydroxyl groups is 1. The Labute approximate surface area is 128 Å². The van der Waals surface area contributed by atoms with E-state index in [0.29, 0.717) is 18.7 Å². The van der Waals surface area contributed by atoms with Crippen molar-refractivity contribution < 1.29 is 5.11 Å². The number of rotatable bonds is 3. The quantitative estimate of drug-likeness (QED) is 0.776. The number of β-amino-alcohol motifs (C(OH)–C–C–N with tert-alkyl or cyclic N) is 1. The molecule has 1 aliphatic heterocycles. The van der Waals surface area contributed by atoms with Crippen molar-refractivity contribution in [1.82, 2.24) is 20.3 Å². The van der Waals surface area contributed by atoms with Gasteiger partial charge in [0.2, 0.25) is 0 Å². The Morgan fingerprint density at radius 3 is 2.91 bits per heavy atom. The van der Waals surface area contributed by atoms with Crippen LogP contribution in [0.2, 0.25) is 0 Å². The van der Waals surface area contributed by atoms with Crippen molar-refractivity contribution in [3.05, 3.63) is 59.9 Å². The van der Waals surface area contributed by atoms with Gasteiger partial charge in [-0.3, -0.25) is 4.90 Å². The van der Waals surface area contributed by atoms with Gasteiger partial charge in [0.25, 0.3) is 0 Å². The average molecular weight is 294 g/mol. The summed E-state index contributed by atoms with van der Waals surface area (Å²) in [5, 5.41) is 23.7. The average Bonchev–Trinajstić information content (AvgIpc) is 3.19. The van der Waals surface area contributed by atoms with Crippen molar-refractivity contribution in [3.8, 4) is 0 Å². The zero-order valence-electron chi connectivity index (χ0n) is 12.2. The van der Waals surface area contributed by atoms with Gasteiger partial charge in [-0.25, -0.2) is 0 Å². The van der Waals surface area contributed by atoms with Gasteiger partial charge < -0.3 is 5.11 Å². The van der Waals surface area contributed by atoms with Gasteiger partial charge in [-0.05, 0) is 22.8 Å². The van der Waals surface area contributed by atoms with E-state index in [4.69, 9.17) is 0 Å². The van der Waals surface area contributed by atoms with Crippen molar-refractivity contribution in [2.24, 2.45) is 0 Å². The molecule has 1 aliphatic rings. The summed E-state index contributed by atoms with van der Waals surface area (Å²) < 4.78 is 0. The number of hydrogen-bond acceptors (Lipinski definition) is 4. The molecule has 0 radical (unpaired) electrons. The van der Waals surface area contributed by atoms with Gasteiger partial charge in [0, 0.05) is 19.6 Å². The number of hydrogen-bond donors (Lipinski definition) is 2. The molecular weight excluding hydrogens is 276 g/mol. The van der Waals surface area contributed by atoms with Crippen LogP contribution >= 0.6 is 0 Å². The maximum atomic E-state index is 10.7. The molecule has 1 aromatic heterocycles. The second kappa shape index (κ2) is 5.19. The molecule has 3 aromatic rings. The molecule has 0 aliphatic carbocycles. The fourth-order valence-corrected chi connectivity index (χ4v) is 3.31. The molecule has 2 heterocycles. The molecule has 22 heavy (non-hydrogen) atoms. The summed E-state index contributed by atoms with van der Waals surface area (Å²) in [6.07, 6.45) is 2.30. The lowest BCUT2D eigenvalue weighted by Crippen LogP contribution is -2.31. The Hall–Kier alpha value is -2.24. The third-order valence-corrected chi connectivity index (χ3v) is 4.49. The van der Waals surface area contributed by atoms with Gasteiger partial charge in [-0.2, -0.15) is 15.4 Å². The lowest BCUT2D eigenvalue weighted by atomic mass is 10.00. The van der Waals surface area contributed by atoms with Gasteiger partial charge in [0.05, 0.1) is 6.20 Å². The molecule has 112 valence electrons. The van der Waals surface area contributed by atoms with Crippen LogP contribution in [0.4, 0.5) is 0 Å². The lowest BCUT2D eigenvalue weighted by molar-refractivity contribution is 0.0409. The first-order chi connectivity index (χ1) is 10.7. The molecule has 5 nitrogen and oxygen atoms in total. The number of H-pyrrole nitrogens is 1. The van der Waals surface area contributed by atoms with E-state index in [-0.39, 0.29) is 0 Å². The van der Waals surface area contributed by atoms with E-state index in [9.17, 15) is 5.11 Å². The molecule has 4 rings (SSSR count). The van der Waals surface area contributed by atoms with Crippen molar-refractivity contribution >= 4 is 10.8 Å². The number of nitrogens with zero attached hydrogens (tertiary/aromatic N) is 3. The van der Waals surface area contributed by atoms with Gasteiger partial charge in [-0.1, -0.05) is 42.5 Å². The number of fused-ring (bicyclic) bond motifs is 1. The summed E-state index contributed by atoms with van der Waals surface area (Å²) in [6.45, 7) is 2.27. The molecule has 0 amide bonds. The monoisotopic (exact) mass is 294 g/mol. The van der Waals surface area contributed by atoms with E-state index in [2.05, 4.69) is 62.8 Å². The molecule has 2 aromatic carbocycles.